The molecule has 0 N–H and O–H groups in total. The number of nitrogens with zero attached hydrogens (tertiary/aromatic N) is 1. The van der Waals surface area contributed by atoms with Crippen LogP contribution in [0, 0.1) is 6.92 Å². The summed E-state index contributed by atoms with van der Waals surface area (Å²) < 4.78 is 12.9. The van der Waals surface area contributed by atoms with Crippen LogP contribution in [0.3, 0.4) is 0 Å². The Bertz CT molecular complexity index is 360. The number of thiazole rings is 1. The second kappa shape index (κ2) is 4.13. The maximum Gasteiger partial charge on any atom is 0.507 e. The lowest BCUT2D eigenvalue weighted by Gasteiger charge is -2.32. The number of hydrogen-bond donors (Lipinski definition) is 0. The molecule has 0 unspecified atom stereocenters. The Labute approximate surface area is 102 Å². The van der Waals surface area contributed by atoms with Gasteiger partial charge in [0.25, 0.3) is 0 Å². The summed E-state index contributed by atoms with van der Waals surface area (Å²) in [6.07, 6.45) is 1.84. The van der Waals surface area contributed by atoms with Crippen molar-refractivity contribution in [3.05, 3.63) is 11.2 Å². The fraction of sp³-hybridized carbons (Fsp3) is 0.727. The first-order valence-electron chi connectivity index (χ1n) is 5.10. The zero-order valence-electron chi connectivity index (χ0n) is 9.83. The van der Waals surface area contributed by atoms with Gasteiger partial charge in [0.05, 0.1) is 21.0 Å². The van der Waals surface area contributed by atoms with Gasteiger partial charge in [-0.1, -0.05) is 7.43 Å². The average molecular weight is 241 g/mol. The Morgan fingerprint density at radius 3 is 2.06 bits per heavy atom. The monoisotopic (exact) mass is 241 g/mol. The Kier molecular flexibility index (Phi) is 3.53. The Morgan fingerprint density at radius 1 is 1.19 bits per heavy atom. The minimum absolute atomic E-state index is 0. The molecule has 0 amide bonds. The van der Waals surface area contributed by atoms with E-state index in [0.717, 1.165) is 9.78 Å². The van der Waals surface area contributed by atoms with Crippen molar-refractivity contribution in [1.29, 1.82) is 0 Å². The largest absolute Gasteiger partial charge is 0.507 e. The highest BCUT2D eigenvalue weighted by Gasteiger charge is 2.52. The standard InChI is InChI=1S/C10H16BNO2S.CH4/c1-7-12-6-8(15-7)11-13-9(2,3)10(4,5)14-11;/h6H,1-5H3;1H4. The van der Waals surface area contributed by atoms with E-state index in [1.807, 2.05) is 13.1 Å². The molecule has 0 aromatic carbocycles. The number of hydrogen-bond acceptors (Lipinski definition) is 4. The molecule has 1 aliphatic heterocycles. The van der Waals surface area contributed by atoms with Crippen molar-refractivity contribution in [2.75, 3.05) is 0 Å². The molecule has 0 radical (unpaired) electrons. The maximum atomic E-state index is 5.91. The highest BCUT2D eigenvalue weighted by atomic mass is 32.1. The van der Waals surface area contributed by atoms with Crippen LogP contribution in [-0.2, 0) is 9.31 Å². The van der Waals surface area contributed by atoms with Gasteiger partial charge in [-0.25, -0.2) is 0 Å². The molecule has 1 saturated heterocycles. The van der Waals surface area contributed by atoms with Gasteiger partial charge in [-0.3, -0.25) is 4.98 Å². The minimum atomic E-state index is -0.268. The number of aryl methyl sites for hydroxylation is 1. The Hall–Kier alpha value is -0.385. The van der Waals surface area contributed by atoms with Crippen LogP contribution >= 0.6 is 11.3 Å². The normalized spacial score (nSPS) is 21.9. The maximum absolute atomic E-state index is 5.91. The van der Waals surface area contributed by atoms with Gasteiger partial charge in [-0.15, -0.1) is 11.3 Å². The van der Waals surface area contributed by atoms with E-state index in [1.165, 1.54) is 0 Å². The van der Waals surface area contributed by atoms with Gasteiger partial charge in [0, 0.05) is 6.20 Å². The van der Waals surface area contributed by atoms with Crippen LogP contribution in [0.2, 0.25) is 0 Å². The van der Waals surface area contributed by atoms with Gasteiger partial charge < -0.3 is 9.31 Å². The topological polar surface area (TPSA) is 31.4 Å². The summed E-state index contributed by atoms with van der Waals surface area (Å²) >= 11 is 1.63. The van der Waals surface area contributed by atoms with Crippen LogP contribution in [0.4, 0.5) is 0 Å². The minimum Gasteiger partial charge on any atom is -0.399 e. The van der Waals surface area contributed by atoms with Crippen molar-refractivity contribution in [2.24, 2.45) is 0 Å². The van der Waals surface area contributed by atoms with Crippen LogP contribution in [0.5, 0.6) is 0 Å². The quantitative estimate of drug-likeness (QED) is 0.707. The number of rotatable bonds is 1. The predicted molar refractivity (Wildman–Crippen MR) is 69.3 cm³/mol. The molecule has 0 bridgehead atoms. The van der Waals surface area contributed by atoms with Crippen LogP contribution in [0.1, 0.15) is 40.1 Å². The van der Waals surface area contributed by atoms with E-state index in [4.69, 9.17) is 9.31 Å². The first kappa shape index (κ1) is 13.7. The third-order valence-electron chi connectivity index (χ3n) is 3.12. The van der Waals surface area contributed by atoms with Crippen molar-refractivity contribution in [3.63, 3.8) is 0 Å². The van der Waals surface area contributed by atoms with E-state index >= 15 is 0 Å². The van der Waals surface area contributed by atoms with Crippen LogP contribution in [0.15, 0.2) is 6.20 Å². The van der Waals surface area contributed by atoms with Crippen molar-refractivity contribution in [3.8, 4) is 0 Å². The van der Waals surface area contributed by atoms with Gasteiger partial charge in [0.1, 0.15) is 0 Å². The fourth-order valence-corrected chi connectivity index (χ4v) is 2.19. The van der Waals surface area contributed by atoms with Gasteiger partial charge in [-0.2, -0.15) is 0 Å². The molecule has 5 heteroatoms. The van der Waals surface area contributed by atoms with Gasteiger partial charge in [0.15, 0.2) is 0 Å². The summed E-state index contributed by atoms with van der Waals surface area (Å²) in [6.45, 7) is 10.2. The van der Waals surface area contributed by atoms with Crippen LogP contribution in [0.25, 0.3) is 0 Å². The second-order valence-corrected chi connectivity index (χ2v) is 6.14. The lowest BCUT2D eigenvalue weighted by molar-refractivity contribution is 0.00578. The summed E-state index contributed by atoms with van der Waals surface area (Å²) in [7, 11) is -0.263. The predicted octanol–water partition coefficient (Wildman–Crippen LogP) is 2.39. The van der Waals surface area contributed by atoms with Gasteiger partial charge >= 0.3 is 7.12 Å². The van der Waals surface area contributed by atoms with Crippen LogP contribution in [-0.4, -0.2) is 23.3 Å². The van der Waals surface area contributed by atoms with Gasteiger partial charge in [0.2, 0.25) is 0 Å². The molecule has 90 valence electrons. The molecule has 16 heavy (non-hydrogen) atoms. The molecule has 3 nitrogen and oxygen atoms in total. The average Bonchev–Trinajstić information content (AvgIpc) is 2.56. The molecule has 0 saturated carbocycles. The Morgan fingerprint density at radius 2 is 1.69 bits per heavy atom. The van der Waals surface area contributed by atoms with Crippen molar-refractivity contribution in [1.82, 2.24) is 4.98 Å². The highest BCUT2D eigenvalue weighted by Crippen LogP contribution is 2.36. The Balaban J connectivity index is 0.00000128. The van der Waals surface area contributed by atoms with E-state index in [1.54, 1.807) is 11.3 Å². The highest BCUT2D eigenvalue weighted by molar-refractivity contribution is 7.22. The van der Waals surface area contributed by atoms with E-state index in [-0.39, 0.29) is 25.7 Å². The molecule has 1 aliphatic rings. The van der Waals surface area contributed by atoms with Crippen LogP contribution < -0.4 is 4.78 Å². The van der Waals surface area contributed by atoms with E-state index in [0.29, 0.717) is 0 Å². The van der Waals surface area contributed by atoms with E-state index in [2.05, 4.69) is 32.7 Å². The van der Waals surface area contributed by atoms with E-state index < -0.39 is 0 Å². The second-order valence-electron chi connectivity index (χ2n) is 4.87. The summed E-state index contributed by atoms with van der Waals surface area (Å²) in [5.41, 5.74) is -0.537. The molecule has 0 spiro atoms. The lowest BCUT2D eigenvalue weighted by atomic mass is 9.89. The SMILES string of the molecule is C.Cc1ncc(B2OC(C)(C)C(C)(C)O2)s1. The summed E-state index contributed by atoms with van der Waals surface area (Å²) in [6, 6.07) is 0. The molecule has 1 aromatic rings. The summed E-state index contributed by atoms with van der Waals surface area (Å²) in [5.74, 6) is 0. The van der Waals surface area contributed by atoms with Crippen molar-refractivity contribution >= 4 is 23.2 Å². The molecule has 2 rings (SSSR count). The summed E-state index contributed by atoms with van der Waals surface area (Å²) in [4.78, 5) is 4.22. The first-order chi connectivity index (χ1) is 6.82. The third-order valence-corrected chi connectivity index (χ3v) is 4.06. The molecular weight excluding hydrogens is 221 g/mol. The number of aromatic nitrogens is 1. The molecular formula is C11H20BNO2S. The zero-order valence-corrected chi connectivity index (χ0v) is 10.6. The van der Waals surface area contributed by atoms with Crippen molar-refractivity contribution < 1.29 is 9.31 Å². The molecule has 2 heterocycles. The molecule has 0 aliphatic carbocycles. The molecule has 0 atom stereocenters. The zero-order chi connectivity index (χ0) is 11.3. The molecule has 1 aromatic heterocycles. The smallest absolute Gasteiger partial charge is 0.399 e. The fourth-order valence-electron chi connectivity index (χ4n) is 1.45. The van der Waals surface area contributed by atoms with Gasteiger partial charge in [-0.05, 0) is 34.6 Å². The molecule has 1 fully saturated rings. The first-order valence-corrected chi connectivity index (χ1v) is 5.91. The van der Waals surface area contributed by atoms with Crippen molar-refractivity contribution in [2.45, 2.75) is 53.2 Å². The lowest BCUT2D eigenvalue weighted by Crippen LogP contribution is -2.41. The summed E-state index contributed by atoms with van der Waals surface area (Å²) in [5, 5.41) is 1.04. The third kappa shape index (κ3) is 2.17. The van der Waals surface area contributed by atoms with E-state index in [9.17, 15) is 0 Å².